The van der Waals surface area contributed by atoms with Crippen molar-refractivity contribution >= 4 is 5.84 Å². The van der Waals surface area contributed by atoms with Crippen LogP contribution in [-0.4, -0.2) is 39.5 Å². The molecule has 4 nitrogen and oxygen atoms in total. The van der Waals surface area contributed by atoms with Crippen molar-refractivity contribution in [3.05, 3.63) is 42.6 Å². The first-order valence-electron chi connectivity index (χ1n) is 7.88. The second kappa shape index (κ2) is 5.27. The summed E-state index contributed by atoms with van der Waals surface area (Å²) < 4.78 is 6.09. The van der Waals surface area contributed by atoms with Crippen LogP contribution < -0.4 is 0 Å². The average Bonchev–Trinajstić information content (AvgIpc) is 2.87. The van der Waals surface area contributed by atoms with Gasteiger partial charge in [0.25, 0.3) is 0 Å². The van der Waals surface area contributed by atoms with Crippen molar-refractivity contribution in [3.63, 3.8) is 0 Å². The Morgan fingerprint density at radius 3 is 2.59 bits per heavy atom. The summed E-state index contributed by atoms with van der Waals surface area (Å²) in [6.07, 6.45) is 0.915. The standard InChI is InChI=1S/C18H25N3O/c1-17(2,3)21-13-20-15(11-14-9-7-6-8-10-14)18(4,5)22-12-16(20)19-21/h6-10,15H,11-12H2,1-5H3/t15-/m0/s1. The first-order valence-corrected chi connectivity index (χ1v) is 7.88. The van der Waals surface area contributed by atoms with Gasteiger partial charge in [-0.15, -0.1) is 0 Å². The highest BCUT2D eigenvalue weighted by Crippen LogP contribution is 2.34. The van der Waals surface area contributed by atoms with E-state index in [2.05, 4.69) is 75.6 Å². The van der Waals surface area contributed by atoms with Gasteiger partial charge in [-0.3, -0.25) is 5.01 Å². The molecule has 1 atom stereocenters. The molecule has 0 N–H and O–H groups in total. The van der Waals surface area contributed by atoms with E-state index in [4.69, 9.17) is 4.74 Å². The molecule has 3 rings (SSSR count). The Balaban J connectivity index is 1.85. The van der Waals surface area contributed by atoms with Crippen LogP contribution in [0.4, 0.5) is 0 Å². The topological polar surface area (TPSA) is 28.1 Å². The van der Waals surface area contributed by atoms with Crippen molar-refractivity contribution in [1.29, 1.82) is 0 Å². The van der Waals surface area contributed by atoms with Crippen LogP contribution in [0.25, 0.3) is 0 Å². The van der Waals surface area contributed by atoms with Crippen molar-refractivity contribution in [2.24, 2.45) is 5.10 Å². The molecule has 0 saturated carbocycles. The molecule has 1 fully saturated rings. The monoisotopic (exact) mass is 299 g/mol. The smallest absolute Gasteiger partial charge is 0.228 e. The lowest BCUT2D eigenvalue weighted by Crippen LogP contribution is -2.58. The van der Waals surface area contributed by atoms with Crippen molar-refractivity contribution < 1.29 is 4.74 Å². The second-order valence-corrected chi connectivity index (χ2v) is 7.57. The third-order valence-electron chi connectivity index (χ3n) is 4.29. The SMILES string of the molecule is CC1(C)OCC2=NN(C(C)(C)C)[C]N2[C@H]1Cc1ccccc1. The number of hydrazone groups is 1. The van der Waals surface area contributed by atoms with Crippen molar-refractivity contribution in [2.45, 2.75) is 58.2 Å². The molecule has 2 radical (unpaired) electrons. The number of amidine groups is 1. The average molecular weight is 299 g/mol. The van der Waals surface area contributed by atoms with E-state index < -0.39 is 0 Å². The summed E-state index contributed by atoms with van der Waals surface area (Å²) in [7, 11) is 0. The number of morpholine rings is 1. The number of ether oxygens (including phenoxy) is 1. The van der Waals surface area contributed by atoms with E-state index in [0.717, 1.165) is 12.3 Å². The van der Waals surface area contributed by atoms with Gasteiger partial charge >= 0.3 is 0 Å². The largest absolute Gasteiger partial charge is 0.365 e. The Kier molecular flexibility index (Phi) is 3.68. The highest BCUT2D eigenvalue weighted by molar-refractivity contribution is 5.86. The van der Waals surface area contributed by atoms with E-state index in [0.29, 0.717) is 6.61 Å². The Labute approximate surface area is 133 Å². The normalized spacial score (nSPS) is 24.2. The third-order valence-corrected chi connectivity index (χ3v) is 4.29. The summed E-state index contributed by atoms with van der Waals surface area (Å²) in [5.41, 5.74) is 0.989. The number of rotatable bonds is 2. The fourth-order valence-corrected chi connectivity index (χ4v) is 2.83. The molecule has 2 aliphatic rings. The zero-order valence-electron chi connectivity index (χ0n) is 14.1. The molecule has 0 aliphatic carbocycles. The van der Waals surface area contributed by atoms with E-state index in [1.165, 1.54) is 5.56 Å². The fourth-order valence-electron chi connectivity index (χ4n) is 2.83. The van der Waals surface area contributed by atoms with Crippen molar-refractivity contribution in [2.75, 3.05) is 6.61 Å². The molecule has 4 heteroatoms. The zero-order valence-corrected chi connectivity index (χ0v) is 14.1. The zero-order chi connectivity index (χ0) is 16.0. The fraction of sp³-hybridized carbons (Fsp3) is 0.556. The lowest BCUT2D eigenvalue weighted by atomic mass is 9.89. The Morgan fingerprint density at radius 1 is 1.27 bits per heavy atom. The Hall–Kier alpha value is -1.55. The molecular weight excluding hydrogens is 274 g/mol. The quantitative estimate of drug-likeness (QED) is 0.840. The van der Waals surface area contributed by atoms with Gasteiger partial charge in [0.2, 0.25) is 6.67 Å². The van der Waals surface area contributed by atoms with Crippen LogP contribution in [0.15, 0.2) is 35.4 Å². The molecule has 0 amide bonds. The number of nitrogens with zero attached hydrogens (tertiary/aromatic N) is 3. The summed E-state index contributed by atoms with van der Waals surface area (Å²) in [6, 6.07) is 10.7. The lowest BCUT2D eigenvalue weighted by molar-refractivity contribution is -0.0699. The van der Waals surface area contributed by atoms with Crippen LogP contribution in [0.2, 0.25) is 0 Å². The minimum Gasteiger partial charge on any atom is -0.365 e. The number of fused-ring (bicyclic) bond motifs is 1. The van der Waals surface area contributed by atoms with Gasteiger partial charge < -0.3 is 9.64 Å². The predicted octanol–water partition coefficient (Wildman–Crippen LogP) is 3.13. The number of benzene rings is 1. The van der Waals surface area contributed by atoms with E-state index in [1.54, 1.807) is 0 Å². The maximum absolute atomic E-state index is 6.09. The van der Waals surface area contributed by atoms with Gasteiger partial charge in [-0.05, 0) is 46.6 Å². The first-order chi connectivity index (χ1) is 10.3. The maximum Gasteiger partial charge on any atom is 0.228 e. The highest BCUT2D eigenvalue weighted by atomic mass is 16.5. The van der Waals surface area contributed by atoms with Crippen LogP contribution in [0.5, 0.6) is 0 Å². The van der Waals surface area contributed by atoms with Gasteiger partial charge in [0, 0.05) is 0 Å². The molecule has 1 aromatic carbocycles. The number of hydrogen-bond donors (Lipinski definition) is 0. The molecule has 118 valence electrons. The lowest BCUT2D eigenvalue weighted by Gasteiger charge is -2.45. The number of hydrogen-bond acceptors (Lipinski definition) is 4. The highest BCUT2D eigenvalue weighted by Gasteiger charge is 2.46. The predicted molar refractivity (Wildman–Crippen MR) is 88.1 cm³/mol. The van der Waals surface area contributed by atoms with Gasteiger partial charge in [0.05, 0.1) is 17.2 Å². The second-order valence-electron chi connectivity index (χ2n) is 7.57. The van der Waals surface area contributed by atoms with Gasteiger partial charge in [0.1, 0.15) is 6.61 Å². The molecule has 0 aromatic heterocycles. The van der Waals surface area contributed by atoms with Crippen molar-refractivity contribution in [3.8, 4) is 0 Å². The van der Waals surface area contributed by atoms with Gasteiger partial charge in [-0.25, -0.2) is 0 Å². The van der Waals surface area contributed by atoms with Gasteiger partial charge in [-0.1, -0.05) is 30.3 Å². The summed E-state index contributed by atoms with van der Waals surface area (Å²) in [6.45, 7) is 14.7. The molecule has 22 heavy (non-hydrogen) atoms. The van der Waals surface area contributed by atoms with Crippen LogP contribution in [0, 0.1) is 6.67 Å². The van der Waals surface area contributed by atoms with Gasteiger partial charge in [-0.2, -0.15) is 5.10 Å². The van der Waals surface area contributed by atoms with Crippen LogP contribution in [0.3, 0.4) is 0 Å². The van der Waals surface area contributed by atoms with Crippen LogP contribution in [-0.2, 0) is 11.2 Å². The maximum atomic E-state index is 6.09. The molecule has 1 aromatic rings. The summed E-state index contributed by atoms with van der Waals surface area (Å²) >= 11 is 0. The first kappa shape index (κ1) is 15.3. The van der Waals surface area contributed by atoms with Crippen molar-refractivity contribution in [1.82, 2.24) is 9.91 Å². The Morgan fingerprint density at radius 2 is 1.95 bits per heavy atom. The summed E-state index contributed by atoms with van der Waals surface area (Å²) in [4.78, 5) is 2.18. The molecule has 2 aliphatic heterocycles. The molecule has 0 unspecified atom stereocenters. The Bertz CT molecular complexity index is 559. The summed E-state index contributed by atoms with van der Waals surface area (Å²) in [5, 5.41) is 6.60. The van der Waals surface area contributed by atoms with Crippen LogP contribution >= 0.6 is 0 Å². The molecule has 1 saturated heterocycles. The summed E-state index contributed by atoms with van der Waals surface area (Å²) in [5.74, 6) is 0.954. The third kappa shape index (κ3) is 2.84. The molecule has 2 heterocycles. The van der Waals surface area contributed by atoms with E-state index in [-0.39, 0.29) is 17.2 Å². The van der Waals surface area contributed by atoms with Crippen LogP contribution in [0.1, 0.15) is 40.2 Å². The van der Waals surface area contributed by atoms with E-state index in [9.17, 15) is 0 Å². The van der Waals surface area contributed by atoms with Gasteiger partial charge in [0.15, 0.2) is 5.84 Å². The molecule has 0 spiro atoms. The molecule has 0 bridgehead atoms. The van der Waals surface area contributed by atoms with E-state index >= 15 is 0 Å². The molecular formula is C18H25N3O. The minimum absolute atomic E-state index is 0.0776. The van der Waals surface area contributed by atoms with E-state index in [1.807, 2.05) is 11.1 Å². The minimum atomic E-state index is -0.240.